The normalized spacial score (nSPS) is 10.7. The zero-order valence-corrected chi connectivity index (χ0v) is 8.54. The molecule has 1 heterocycles. The molecule has 0 unspecified atom stereocenters. The summed E-state index contributed by atoms with van der Waals surface area (Å²) in [4.78, 5) is 4.42. The maximum Gasteiger partial charge on any atom is 0.0749 e. The third-order valence-electron chi connectivity index (χ3n) is 2.44. The van der Waals surface area contributed by atoms with Crippen LogP contribution in [0.25, 0.3) is 10.9 Å². The predicted octanol–water partition coefficient (Wildman–Crippen LogP) is 2.26. The van der Waals surface area contributed by atoms with Crippen LogP contribution in [-0.2, 0) is 6.54 Å². The average molecular weight is 186 g/mol. The van der Waals surface area contributed by atoms with Gasteiger partial charge in [0.05, 0.1) is 5.52 Å². The van der Waals surface area contributed by atoms with Crippen molar-refractivity contribution < 1.29 is 0 Å². The molecule has 72 valence electrons. The first kappa shape index (κ1) is 9.16. The first-order chi connectivity index (χ1) is 6.83. The van der Waals surface area contributed by atoms with E-state index in [1.165, 1.54) is 16.5 Å². The number of hydrogen-bond acceptors (Lipinski definition) is 2. The maximum atomic E-state index is 4.42. The van der Waals surface area contributed by atoms with Gasteiger partial charge in [0.15, 0.2) is 0 Å². The molecule has 0 aliphatic rings. The maximum absolute atomic E-state index is 4.42. The highest BCUT2D eigenvalue weighted by atomic mass is 14.8. The molecule has 2 heteroatoms. The smallest absolute Gasteiger partial charge is 0.0749 e. The Morgan fingerprint density at radius 2 is 2.14 bits per heavy atom. The minimum atomic E-state index is 0.869. The molecule has 1 aromatic carbocycles. The number of nitrogens with one attached hydrogen (secondary N) is 1. The SMILES string of the molecule is CNCc1cccc2c(C)ccnc12. The molecular weight excluding hydrogens is 172 g/mol. The largest absolute Gasteiger partial charge is 0.316 e. The lowest BCUT2D eigenvalue weighted by molar-refractivity contribution is 0.822. The zero-order valence-electron chi connectivity index (χ0n) is 8.54. The van der Waals surface area contributed by atoms with Crippen LogP contribution in [0.15, 0.2) is 30.5 Å². The number of aryl methyl sites for hydroxylation is 1. The monoisotopic (exact) mass is 186 g/mol. The summed E-state index contributed by atoms with van der Waals surface area (Å²) in [5.41, 5.74) is 3.66. The van der Waals surface area contributed by atoms with Gasteiger partial charge in [0, 0.05) is 18.1 Å². The molecule has 1 N–H and O–H groups in total. The molecule has 0 saturated heterocycles. The Hall–Kier alpha value is -1.41. The second kappa shape index (κ2) is 3.76. The Morgan fingerprint density at radius 3 is 2.93 bits per heavy atom. The van der Waals surface area contributed by atoms with Crippen molar-refractivity contribution in [1.29, 1.82) is 0 Å². The summed E-state index contributed by atoms with van der Waals surface area (Å²) in [5, 5.41) is 4.41. The first-order valence-corrected chi connectivity index (χ1v) is 4.80. The van der Waals surface area contributed by atoms with Crippen LogP contribution in [0, 0.1) is 6.92 Å². The fraction of sp³-hybridized carbons (Fsp3) is 0.250. The van der Waals surface area contributed by atoms with E-state index < -0.39 is 0 Å². The van der Waals surface area contributed by atoms with E-state index in [2.05, 4.69) is 35.4 Å². The minimum absolute atomic E-state index is 0.869. The Labute approximate surface area is 84.0 Å². The van der Waals surface area contributed by atoms with Gasteiger partial charge in [-0.25, -0.2) is 0 Å². The van der Waals surface area contributed by atoms with Crippen molar-refractivity contribution >= 4 is 10.9 Å². The van der Waals surface area contributed by atoms with Gasteiger partial charge in [-0.3, -0.25) is 4.98 Å². The van der Waals surface area contributed by atoms with Gasteiger partial charge in [0.1, 0.15) is 0 Å². The molecule has 2 rings (SSSR count). The van der Waals surface area contributed by atoms with Gasteiger partial charge in [-0.15, -0.1) is 0 Å². The molecule has 0 radical (unpaired) electrons. The van der Waals surface area contributed by atoms with Crippen molar-refractivity contribution in [3.8, 4) is 0 Å². The van der Waals surface area contributed by atoms with Crippen molar-refractivity contribution in [3.05, 3.63) is 41.6 Å². The zero-order chi connectivity index (χ0) is 9.97. The van der Waals surface area contributed by atoms with Crippen LogP contribution in [0.5, 0.6) is 0 Å². The average Bonchev–Trinajstić information content (AvgIpc) is 2.20. The first-order valence-electron chi connectivity index (χ1n) is 4.80. The van der Waals surface area contributed by atoms with Crippen LogP contribution < -0.4 is 5.32 Å². The predicted molar refractivity (Wildman–Crippen MR) is 59.2 cm³/mol. The van der Waals surface area contributed by atoms with E-state index in [9.17, 15) is 0 Å². The molecule has 0 aliphatic heterocycles. The molecule has 0 bridgehead atoms. The van der Waals surface area contributed by atoms with Gasteiger partial charge >= 0.3 is 0 Å². The van der Waals surface area contributed by atoms with E-state index in [0.29, 0.717) is 0 Å². The molecule has 0 fully saturated rings. The summed E-state index contributed by atoms with van der Waals surface area (Å²) in [6, 6.07) is 8.37. The summed E-state index contributed by atoms with van der Waals surface area (Å²) in [6.07, 6.45) is 1.87. The summed E-state index contributed by atoms with van der Waals surface area (Å²) in [5.74, 6) is 0. The van der Waals surface area contributed by atoms with Crippen LogP contribution in [0.1, 0.15) is 11.1 Å². The number of hydrogen-bond donors (Lipinski definition) is 1. The molecule has 0 saturated carbocycles. The molecule has 0 spiro atoms. The van der Waals surface area contributed by atoms with E-state index in [0.717, 1.165) is 12.1 Å². The molecule has 0 atom stereocenters. The number of benzene rings is 1. The van der Waals surface area contributed by atoms with Gasteiger partial charge < -0.3 is 5.32 Å². The summed E-state index contributed by atoms with van der Waals surface area (Å²) >= 11 is 0. The highest BCUT2D eigenvalue weighted by molar-refractivity contribution is 5.84. The van der Waals surface area contributed by atoms with Gasteiger partial charge in [-0.2, -0.15) is 0 Å². The Bertz CT molecular complexity index is 449. The third-order valence-corrected chi connectivity index (χ3v) is 2.44. The van der Waals surface area contributed by atoms with E-state index in [1.807, 2.05) is 19.3 Å². The van der Waals surface area contributed by atoms with E-state index in [1.54, 1.807) is 0 Å². The molecule has 2 aromatic rings. The lowest BCUT2D eigenvalue weighted by Crippen LogP contribution is -2.06. The second-order valence-corrected chi connectivity index (χ2v) is 3.47. The molecule has 0 aliphatic carbocycles. The standard InChI is InChI=1S/C12H14N2/c1-9-6-7-14-12-10(8-13-2)4-3-5-11(9)12/h3-7,13H,8H2,1-2H3. The number of aromatic nitrogens is 1. The van der Waals surface area contributed by atoms with Gasteiger partial charge in [-0.1, -0.05) is 18.2 Å². The number of para-hydroxylation sites is 1. The summed E-state index contributed by atoms with van der Waals surface area (Å²) < 4.78 is 0. The van der Waals surface area contributed by atoms with Crippen molar-refractivity contribution in [2.45, 2.75) is 13.5 Å². The van der Waals surface area contributed by atoms with E-state index in [4.69, 9.17) is 0 Å². The van der Waals surface area contributed by atoms with Gasteiger partial charge in [0.25, 0.3) is 0 Å². The fourth-order valence-corrected chi connectivity index (χ4v) is 1.71. The van der Waals surface area contributed by atoms with Gasteiger partial charge in [-0.05, 0) is 31.2 Å². The van der Waals surface area contributed by atoms with Gasteiger partial charge in [0.2, 0.25) is 0 Å². The third kappa shape index (κ3) is 1.49. The molecular formula is C12H14N2. The summed E-state index contributed by atoms with van der Waals surface area (Å²) in [7, 11) is 1.95. The van der Waals surface area contributed by atoms with E-state index >= 15 is 0 Å². The van der Waals surface area contributed by atoms with Crippen LogP contribution in [0.2, 0.25) is 0 Å². The Morgan fingerprint density at radius 1 is 1.29 bits per heavy atom. The van der Waals surface area contributed by atoms with Crippen molar-refractivity contribution in [2.75, 3.05) is 7.05 Å². The number of pyridine rings is 1. The lowest BCUT2D eigenvalue weighted by atomic mass is 10.1. The van der Waals surface area contributed by atoms with E-state index in [-0.39, 0.29) is 0 Å². The summed E-state index contributed by atoms with van der Waals surface area (Å²) in [6.45, 7) is 2.99. The second-order valence-electron chi connectivity index (χ2n) is 3.47. The minimum Gasteiger partial charge on any atom is -0.316 e. The molecule has 2 nitrogen and oxygen atoms in total. The molecule has 1 aromatic heterocycles. The molecule has 0 amide bonds. The quantitative estimate of drug-likeness (QED) is 0.778. The number of rotatable bonds is 2. The van der Waals surface area contributed by atoms with Crippen LogP contribution in [0.3, 0.4) is 0 Å². The van der Waals surface area contributed by atoms with Crippen LogP contribution in [0.4, 0.5) is 0 Å². The highest BCUT2D eigenvalue weighted by Gasteiger charge is 2.02. The van der Waals surface area contributed by atoms with Crippen molar-refractivity contribution in [2.24, 2.45) is 0 Å². The topological polar surface area (TPSA) is 24.9 Å². The number of nitrogens with zero attached hydrogens (tertiary/aromatic N) is 1. The van der Waals surface area contributed by atoms with Crippen molar-refractivity contribution in [1.82, 2.24) is 10.3 Å². The molecule has 14 heavy (non-hydrogen) atoms. The Balaban J connectivity index is 2.68. The lowest BCUT2D eigenvalue weighted by Gasteiger charge is -2.06. The highest BCUT2D eigenvalue weighted by Crippen LogP contribution is 2.19. The Kier molecular flexibility index (Phi) is 2.46. The fourth-order valence-electron chi connectivity index (χ4n) is 1.71. The number of fused-ring (bicyclic) bond motifs is 1. The van der Waals surface area contributed by atoms with Crippen LogP contribution >= 0.6 is 0 Å². The van der Waals surface area contributed by atoms with Crippen LogP contribution in [-0.4, -0.2) is 12.0 Å². The van der Waals surface area contributed by atoms with Crippen molar-refractivity contribution in [3.63, 3.8) is 0 Å².